The Morgan fingerprint density at radius 3 is 2.54 bits per heavy atom. The van der Waals surface area contributed by atoms with Gasteiger partial charge in [-0.05, 0) is 36.6 Å². The fraction of sp³-hybridized carbons (Fsp3) is 0.381. The van der Waals surface area contributed by atoms with Crippen molar-refractivity contribution in [1.29, 1.82) is 0 Å². The van der Waals surface area contributed by atoms with Gasteiger partial charge in [0.15, 0.2) is 11.5 Å². The Morgan fingerprint density at radius 2 is 1.88 bits per heavy atom. The number of carbonyl (C=O) groups is 1. The summed E-state index contributed by atoms with van der Waals surface area (Å²) >= 11 is 1.61. The summed E-state index contributed by atoms with van der Waals surface area (Å²) in [4.78, 5) is 14.5. The van der Waals surface area contributed by atoms with Gasteiger partial charge in [-0.1, -0.05) is 37.6 Å². The molecule has 0 aliphatic carbocycles. The second-order valence-electron chi connectivity index (χ2n) is 6.28. The molecule has 2 aromatic rings. The summed E-state index contributed by atoms with van der Waals surface area (Å²) in [5.74, 6) is 1.94. The number of ether oxygens (including phenoxy) is 2. The van der Waals surface area contributed by atoms with Gasteiger partial charge in [0.2, 0.25) is 5.91 Å². The maximum Gasteiger partial charge on any atom is 0.238 e. The van der Waals surface area contributed by atoms with Crippen molar-refractivity contribution in [3.05, 3.63) is 53.6 Å². The van der Waals surface area contributed by atoms with Crippen LogP contribution in [-0.2, 0) is 11.2 Å². The van der Waals surface area contributed by atoms with E-state index in [0.717, 1.165) is 17.7 Å². The number of thioether (sulfide) groups is 1. The first-order chi connectivity index (χ1) is 12.7. The molecule has 5 heteroatoms. The van der Waals surface area contributed by atoms with Crippen LogP contribution in [0, 0.1) is 0 Å². The van der Waals surface area contributed by atoms with E-state index in [1.165, 1.54) is 18.4 Å². The average molecular weight is 372 g/mol. The van der Waals surface area contributed by atoms with Gasteiger partial charge in [0.1, 0.15) is 5.37 Å². The highest BCUT2D eigenvalue weighted by molar-refractivity contribution is 8.00. The van der Waals surface area contributed by atoms with E-state index in [0.29, 0.717) is 17.3 Å². The van der Waals surface area contributed by atoms with Gasteiger partial charge in [-0.25, -0.2) is 0 Å². The lowest BCUT2D eigenvalue weighted by atomic mass is 10.1. The van der Waals surface area contributed by atoms with Crippen LogP contribution in [-0.4, -0.2) is 25.9 Å². The molecule has 1 saturated heterocycles. The lowest BCUT2D eigenvalue weighted by Gasteiger charge is -2.26. The van der Waals surface area contributed by atoms with Gasteiger partial charge in [-0.15, -0.1) is 11.8 Å². The zero-order valence-corrected chi connectivity index (χ0v) is 16.3. The molecule has 0 N–H and O–H groups in total. The zero-order chi connectivity index (χ0) is 18.5. The molecule has 1 fully saturated rings. The van der Waals surface area contributed by atoms with Crippen molar-refractivity contribution in [2.75, 3.05) is 24.9 Å². The van der Waals surface area contributed by atoms with E-state index in [1.54, 1.807) is 26.0 Å². The van der Waals surface area contributed by atoms with E-state index in [1.807, 2.05) is 23.1 Å². The molecule has 1 aliphatic rings. The minimum Gasteiger partial charge on any atom is -0.493 e. The van der Waals surface area contributed by atoms with Crippen LogP contribution < -0.4 is 14.4 Å². The highest BCUT2D eigenvalue weighted by Gasteiger charge is 2.36. The molecule has 0 saturated carbocycles. The normalized spacial score (nSPS) is 16.8. The van der Waals surface area contributed by atoms with Gasteiger partial charge in [0, 0.05) is 11.3 Å². The number of aryl methyl sites for hydroxylation is 1. The standard InChI is InChI=1S/C21H25NO3S/c1-4-5-7-15-10-12-16(13-11-15)22-19(23)14-26-21(22)17-8-6-9-18(24-2)20(17)25-3/h6,8-13,21H,4-5,7,14H2,1-3H3/t21-/m0/s1. The Balaban J connectivity index is 1.92. The van der Waals surface area contributed by atoms with E-state index in [2.05, 4.69) is 31.2 Å². The SMILES string of the molecule is CCCCc1ccc(N2C(=O)CS[C@H]2c2cccc(OC)c2OC)cc1. The number of unbranched alkanes of at least 4 members (excludes halogenated alkanes) is 1. The number of anilines is 1. The van der Waals surface area contributed by atoms with Crippen LogP contribution in [0.25, 0.3) is 0 Å². The fourth-order valence-electron chi connectivity index (χ4n) is 3.24. The van der Waals surface area contributed by atoms with Crippen LogP contribution >= 0.6 is 11.8 Å². The number of amides is 1. The summed E-state index contributed by atoms with van der Waals surface area (Å²) in [6.07, 6.45) is 3.44. The van der Waals surface area contributed by atoms with E-state index in [4.69, 9.17) is 9.47 Å². The largest absolute Gasteiger partial charge is 0.493 e. The monoisotopic (exact) mass is 371 g/mol. The van der Waals surface area contributed by atoms with Crippen molar-refractivity contribution < 1.29 is 14.3 Å². The molecule has 0 unspecified atom stereocenters. The third kappa shape index (κ3) is 3.68. The van der Waals surface area contributed by atoms with Crippen molar-refractivity contribution in [1.82, 2.24) is 0 Å². The second-order valence-corrected chi connectivity index (χ2v) is 7.35. The average Bonchev–Trinajstić information content (AvgIpc) is 3.07. The number of carbonyl (C=O) groups excluding carboxylic acids is 1. The number of nitrogens with zero attached hydrogens (tertiary/aromatic N) is 1. The number of methoxy groups -OCH3 is 2. The van der Waals surface area contributed by atoms with E-state index in [-0.39, 0.29) is 11.3 Å². The van der Waals surface area contributed by atoms with Gasteiger partial charge in [-0.3, -0.25) is 9.69 Å². The number of hydrogen-bond donors (Lipinski definition) is 0. The van der Waals surface area contributed by atoms with E-state index >= 15 is 0 Å². The van der Waals surface area contributed by atoms with Gasteiger partial charge in [0.05, 0.1) is 20.0 Å². The maximum atomic E-state index is 12.6. The fourth-order valence-corrected chi connectivity index (χ4v) is 4.44. The van der Waals surface area contributed by atoms with Gasteiger partial charge < -0.3 is 9.47 Å². The molecular weight excluding hydrogens is 346 g/mol. The zero-order valence-electron chi connectivity index (χ0n) is 15.5. The summed E-state index contributed by atoms with van der Waals surface area (Å²) in [7, 11) is 3.26. The first-order valence-corrected chi connectivity index (χ1v) is 9.98. The van der Waals surface area contributed by atoms with Crippen LogP contribution in [0.1, 0.15) is 36.3 Å². The predicted molar refractivity (Wildman–Crippen MR) is 107 cm³/mol. The predicted octanol–water partition coefficient (Wildman–Crippen LogP) is 4.83. The Bertz CT molecular complexity index is 760. The summed E-state index contributed by atoms with van der Waals surface area (Å²) in [6, 6.07) is 14.2. The number of hydrogen-bond acceptors (Lipinski definition) is 4. The lowest BCUT2D eigenvalue weighted by Crippen LogP contribution is -2.28. The molecule has 0 radical (unpaired) electrons. The summed E-state index contributed by atoms with van der Waals surface area (Å²) in [5.41, 5.74) is 3.19. The molecule has 2 aromatic carbocycles. The summed E-state index contributed by atoms with van der Waals surface area (Å²) in [5, 5.41) is -0.117. The molecule has 1 aliphatic heterocycles. The Morgan fingerprint density at radius 1 is 1.12 bits per heavy atom. The first-order valence-electron chi connectivity index (χ1n) is 8.93. The molecule has 1 heterocycles. The summed E-state index contributed by atoms with van der Waals surface area (Å²) in [6.45, 7) is 2.20. The molecule has 3 rings (SSSR count). The maximum absolute atomic E-state index is 12.6. The van der Waals surface area contributed by atoms with Crippen molar-refractivity contribution in [2.24, 2.45) is 0 Å². The Hall–Kier alpha value is -2.14. The minimum absolute atomic E-state index is 0.117. The Kier molecular flexibility index (Phi) is 6.09. The second kappa shape index (κ2) is 8.49. The van der Waals surface area contributed by atoms with Crippen LogP contribution in [0.5, 0.6) is 11.5 Å². The van der Waals surface area contributed by atoms with E-state index in [9.17, 15) is 4.79 Å². The molecule has 1 amide bonds. The van der Waals surface area contributed by atoms with Crippen LogP contribution in [0.15, 0.2) is 42.5 Å². The molecule has 0 bridgehead atoms. The minimum atomic E-state index is -0.117. The highest BCUT2D eigenvalue weighted by Crippen LogP contribution is 2.47. The molecular formula is C21H25NO3S. The van der Waals surface area contributed by atoms with Crippen molar-refractivity contribution in [3.63, 3.8) is 0 Å². The van der Waals surface area contributed by atoms with Crippen molar-refractivity contribution >= 4 is 23.4 Å². The third-order valence-corrected chi connectivity index (χ3v) is 5.79. The molecule has 0 spiro atoms. The summed E-state index contributed by atoms with van der Waals surface area (Å²) < 4.78 is 11.0. The molecule has 4 nitrogen and oxygen atoms in total. The number of benzene rings is 2. The molecule has 26 heavy (non-hydrogen) atoms. The topological polar surface area (TPSA) is 38.8 Å². The van der Waals surface area contributed by atoms with Crippen molar-refractivity contribution in [3.8, 4) is 11.5 Å². The van der Waals surface area contributed by atoms with Crippen LogP contribution in [0.4, 0.5) is 5.69 Å². The lowest BCUT2D eigenvalue weighted by molar-refractivity contribution is -0.115. The van der Waals surface area contributed by atoms with Crippen LogP contribution in [0.2, 0.25) is 0 Å². The highest BCUT2D eigenvalue weighted by atomic mass is 32.2. The Labute approximate surface area is 159 Å². The molecule has 1 atom stereocenters. The number of rotatable bonds is 7. The van der Waals surface area contributed by atoms with Crippen molar-refractivity contribution in [2.45, 2.75) is 31.6 Å². The third-order valence-electron chi connectivity index (χ3n) is 4.60. The molecule has 0 aromatic heterocycles. The van der Waals surface area contributed by atoms with E-state index < -0.39 is 0 Å². The van der Waals surface area contributed by atoms with Crippen LogP contribution in [0.3, 0.4) is 0 Å². The van der Waals surface area contributed by atoms with Gasteiger partial charge >= 0.3 is 0 Å². The first kappa shape index (κ1) is 18.6. The smallest absolute Gasteiger partial charge is 0.238 e. The quantitative estimate of drug-likeness (QED) is 0.699. The van der Waals surface area contributed by atoms with Gasteiger partial charge in [-0.2, -0.15) is 0 Å². The van der Waals surface area contributed by atoms with Gasteiger partial charge in [0.25, 0.3) is 0 Å². The molecule has 138 valence electrons. The number of para-hydroxylation sites is 1.